The lowest BCUT2D eigenvalue weighted by Gasteiger charge is -2.26. The van der Waals surface area contributed by atoms with E-state index in [4.69, 9.17) is 16.9 Å². The smallest absolute Gasteiger partial charge is 0.326 e. The molecule has 0 aliphatic carbocycles. The van der Waals surface area contributed by atoms with Crippen LogP contribution in [-0.2, 0) is 30.4 Å². The molecule has 0 radical (unpaired) electrons. The zero-order valence-corrected chi connectivity index (χ0v) is 25.1. The Bertz CT molecular complexity index is 1100. The first-order valence-electron chi connectivity index (χ1n) is 14.1. The lowest BCUT2D eigenvalue weighted by Crippen LogP contribution is -2.59. The molecule has 0 heterocycles. The molecule has 0 fully saturated rings. The van der Waals surface area contributed by atoms with Crippen molar-refractivity contribution in [3.05, 3.63) is 35.9 Å². The van der Waals surface area contributed by atoms with Crippen LogP contribution < -0.4 is 38.1 Å². The Labute approximate surface area is 251 Å². The van der Waals surface area contributed by atoms with Crippen LogP contribution in [0.2, 0.25) is 0 Å². The molecule has 0 saturated carbocycles. The van der Waals surface area contributed by atoms with E-state index in [-0.39, 0.29) is 37.7 Å². The summed E-state index contributed by atoms with van der Waals surface area (Å²) in [6.45, 7) is 6.64. The third kappa shape index (κ3) is 14.0. The Kier molecular flexibility index (Phi) is 15.7. The van der Waals surface area contributed by atoms with Crippen LogP contribution in [0.3, 0.4) is 0 Å². The van der Waals surface area contributed by atoms with Gasteiger partial charge >= 0.3 is 5.97 Å². The fourth-order valence-corrected chi connectivity index (χ4v) is 3.98. The number of amides is 4. The standard InChI is InChI=1S/C28H46N8O7/c1-15(2)13-20(24(39)34-19(27(42)43)11-8-12-32-28(30)31)36-25(40)21(14-18-9-6-5-7-10-18)35-23(38)16(3)33-26(41)22(29)17(4)37/h5-7,9-10,15-17,19-22,37H,8,11-14,29H2,1-4H3,(H,33,41)(H,34,39)(H,35,38)(H,36,40)(H,42,43)(H4,30,31,32)/t16-,17+,19-,20-,21-,22-/m0/s1. The predicted octanol–water partition coefficient (Wildman–Crippen LogP) is -1.71. The van der Waals surface area contributed by atoms with Gasteiger partial charge in [-0.1, -0.05) is 44.2 Å². The summed E-state index contributed by atoms with van der Waals surface area (Å²) in [6.07, 6.45) is -0.540. The summed E-state index contributed by atoms with van der Waals surface area (Å²) in [5, 5.41) is 39.1. The van der Waals surface area contributed by atoms with Gasteiger partial charge in [0.15, 0.2) is 5.96 Å². The Balaban J connectivity index is 3.09. The van der Waals surface area contributed by atoms with Gasteiger partial charge in [0.1, 0.15) is 30.2 Å². The van der Waals surface area contributed by atoms with Crippen LogP contribution >= 0.6 is 0 Å². The number of aliphatic hydroxyl groups excluding tert-OH is 1. The molecular formula is C28H46N8O7. The molecule has 0 aliphatic heterocycles. The average Bonchev–Trinajstić information content (AvgIpc) is 2.93. The second-order valence-corrected chi connectivity index (χ2v) is 10.8. The van der Waals surface area contributed by atoms with Gasteiger partial charge in [-0.05, 0) is 44.6 Å². The molecule has 0 saturated heterocycles. The minimum Gasteiger partial charge on any atom is -0.480 e. The molecule has 0 spiro atoms. The van der Waals surface area contributed by atoms with Crippen molar-refractivity contribution < 1.29 is 34.2 Å². The lowest BCUT2D eigenvalue weighted by atomic mass is 10.00. The van der Waals surface area contributed by atoms with Crippen LogP contribution in [0.25, 0.3) is 0 Å². The highest BCUT2D eigenvalue weighted by Gasteiger charge is 2.31. The maximum absolute atomic E-state index is 13.5. The van der Waals surface area contributed by atoms with Crippen LogP contribution in [-0.4, -0.2) is 88.6 Å². The molecule has 12 N–H and O–H groups in total. The summed E-state index contributed by atoms with van der Waals surface area (Å²) in [7, 11) is 0. The van der Waals surface area contributed by atoms with E-state index in [1.165, 1.54) is 13.8 Å². The summed E-state index contributed by atoms with van der Waals surface area (Å²) in [5.41, 5.74) is 11.6. The van der Waals surface area contributed by atoms with E-state index < -0.39 is 65.9 Å². The van der Waals surface area contributed by atoms with Crippen LogP contribution in [0.15, 0.2) is 30.3 Å². The van der Waals surface area contributed by atoms with Crippen molar-refractivity contribution in [2.75, 3.05) is 6.54 Å². The number of guanidine groups is 1. The van der Waals surface area contributed by atoms with E-state index in [1.807, 2.05) is 13.8 Å². The van der Waals surface area contributed by atoms with E-state index in [0.29, 0.717) is 12.0 Å². The van der Waals surface area contributed by atoms with E-state index in [0.717, 1.165) is 0 Å². The van der Waals surface area contributed by atoms with Gasteiger partial charge in [0.05, 0.1) is 6.10 Å². The zero-order valence-electron chi connectivity index (χ0n) is 25.1. The van der Waals surface area contributed by atoms with Crippen molar-refractivity contribution in [2.24, 2.45) is 17.4 Å². The van der Waals surface area contributed by atoms with Crippen molar-refractivity contribution in [1.29, 1.82) is 5.41 Å². The number of hydrogen-bond donors (Lipinski definition) is 10. The van der Waals surface area contributed by atoms with Gasteiger partial charge < -0.3 is 48.3 Å². The molecule has 1 rings (SSSR count). The number of benzene rings is 1. The molecule has 6 atom stereocenters. The quantitative estimate of drug-likeness (QED) is 0.0514. The zero-order chi connectivity index (χ0) is 32.7. The maximum Gasteiger partial charge on any atom is 0.326 e. The molecule has 0 unspecified atom stereocenters. The monoisotopic (exact) mass is 606 g/mol. The van der Waals surface area contributed by atoms with Gasteiger partial charge in [0.2, 0.25) is 23.6 Å². The summed E-state index contributed by atoms with van der Waals surface area (Å²) in [5.74, 6) is -4.41. The van der Waals surface area contributed by atoms with Crippen molar-refractivity contribution in [3.8, 4) is 0 Å². The van der Waals surface area contributed by atoms with Crippen LogP contribution in [0, 0.1) is 11.3 Å². The fourth-order valence-electron chi connectivity index (χ4n) is 3.98. The summed E-state index contributed by atoms with van der Waals surface area (Å²) < 4.78 is 0. The number of nitrogens with two attached hydrogens (primary N) is 2. The van der Waals surface area contributed by atoms with Crippen LogP contribution in [0.4, 0.5) is 0 Å². The minimum absolute atomic E-state index is 0.0543. The molecule has 1 aromatic carbocycles. The predicted molar refractivity (Wildman–Crippen MR) is 159 cm³/mol. The molecule has 0 aliphatic rings. The third-order valence-electron chi connectivity index (χ3n) is 6.43. The highest BCUT2D eigenvalue weighted by atomic mass is 16.4. The Morgan fingerprint density at radius 2 is 1.40 bits per heavy atom. The Morgan fingerprint density at radius 1 is 0.837 bits per heavy atom. The number of aliphatic hydroxyl groups is 1. The van der Waals surface area contributed by atoms with E-state index in [9.17, 15) is 34.2 Å². The molecule has 15 heteroatoms. The largest absolute Gasteiger partial charge is 0.480 e. The van der Waals surface area contributed by atoms with Gasteiger partial charge in [-0.3, -0.25) is 24.6 Å². The van der Waals surface area contributed by atoms with Gasteiger partial charge in [0, 0.05) is 13.0 Å². The van der Waals surface area contributed by atoms with Gasteiger partial charge in [-0.2, -0.15) is 0 Å². The number of rotatable bonds is 18. The molecule has 240 valence electrons. The summed E-state index contributed by atoms with van der Waals surface area (Å²) >= 11 is 0. The summed E-state index contributed by atoms with van der Waals surface area (Å²) in [4.78, 5) is 63.7. The fraction of sp³-hybridized carbons (Fsp3) is 0.571. The van der Waals surface area contributed by atoms with E-state index >= 15 is 0 Å². The summed E-state index contributed by atoms with van der Waals surface area (Å²) in [6, 6.07) is 2.96. The number of carbonyl (C=O) groups excluding carboxylic acids is 4. The normalized spacial score (nSPS) is 15.1. The number of nitrogens with one attached hydrogen (secondary N) is 6. The highest BCUT2D eigenvalue weighted by molar-refractivity contribution is 5.95. The molecule has 1 aromatic rings. The van der Waals surface area contributed by atoms with Crippen molar-refractivity contribution in [3.63, 3.8) is 0 Å². The molecule has 0 aromatic heterocycles. The highest BCUT2D eigenvalue weighted by Crippen LogP contribution is 2.09. The second kappa shape index (κ2) is 18.3. The van der Waals surface area contributed by atoms with E-state index in [2.05, 4.69) is 26.6 Å². The average molecular weight is 607 g/mol. The minimum atomic E-state index is -1.26. The van der Waals surface area contributed by atoms with Crippen molar-refractivity contribution >= 4 is 35.6 Å². The first-order valence-corrected chi connectivity index (χ1v) is 14.1. The lowest BCUT2D eigenvalue weighted by molar-refractivity contribution is -0.142. The maximum atomic E-state index is 13.5. The SMILES string of the molecule is CC(C)C[C@H](NC(=O)[C@H](Cc1ccccc1)NC(=O)[C@H](C)NC(=O)[C@@H](N)[C@@H](C)O)C(=O)N[C@@H](CCCNC(=N)N)C(=O)O. The second-order valence-electron chi connectivity index (χ2n) is 10.8. The molecule has 4 amide bonds. The van der Waals surface area contributed by atoms with Crippen LogP contribution in [0.1, 0.15) is 52.5 Å². The molecule has 0 bridgehead atoms. The number of carboxylic acid groups (broad SMARTS) is 1. The van der Waals surface area contributed by atoms with Crippen molar-refractivity contribution in [2.45, 2.75) is 89.7 Å². The molecular weight excluding hydrogens is 560 g/mol. The number of aliphatic carboxylic acids is 1. The Hall–Kier alpha value is -4.24. The van der Waals surface area contributed by atoms with Crippen molar-refractivity contribution in [1.82, 2.24) is 26.6 Å². The van der Waals surface area contributed by atoms with Gasteiger partial charge in [-0.25, -0.2) is 4.79 Å². The van der Waals surface area contributed by atoms with Gasteiger partial charge in [0.25, 0.3) is 0 Å². The Morgan fingerprint density at radius 3 is 1.93 bits per heavy atom. The third-order valence-corrected chi connectivity index (χ3v) is 6.43. The number of hydrogen-bond acceptors (Lipinski definition) is 8. The van der Waals surface area contributed by atoms with Gasteiger partial charge in [-0.15, -0.1) is 0 Å². The van der Waals surface area contributed by atoms with Crippen LogP contribution in [0.5, 0.6) is 0 Å². The molecule has 15 nitrogen and oxygen atoms in total. The number of carboxylic acids is 1. The first-order chi connectivity index (χ1) is 20.1. The topological polar surface area (TPSA) is 262 Å². The van der Waals surface area contributed by atoms with E-state index in [1.54, 1.807) is 30.3 Å². The first kappa shape index (κ1) is 36.8. The molecule has 43 heavy (non-hydrogen) atoms. The number of carbonyl (C=O) groups is 5.